The van der Waals surface area contributed by atoms with E-state index in [2.05, 4.69) is 10.2 Å². The molecule has 1 aromatic heterocycles. The van der Waals surface area contributed by atoms with E-state index in [9.17, 15) is 13.2 Å². The lowest BCUT2D eigenvalue weighted by atomic mass is 9.78. The number of aryl methyl sites for hydroxylation is 2. The van der Waals surface area contributed by atoms with Crippen LogP contribution in [0.4, 0.5) is 13.2 Å². The fourth-order valence-corrected chi connectivity index (χ4v) is 3.37. The highest BCUT2D eigenvalue weighted by molar-refractivity contribution is 5.70. The molecule has 0 radical (unpaired) electrons. The van der Waals surface area contributed by atoms with E-state index < -0.39 is 11.7 Å². The zero-order chi connectivity index (χ0) is 18.9. The van der Waals surface area contributed by atoms with Gasteiger partial charge in [0.25, 0.3) is 0 Å². The van der Waals surface area contributed by atoms with Crippen molar-refractivity contribution in [3.05, 3.63) is 41.1 Å². The molecule has 0 aliphatic heterocycles. The van der Waals surface area contributed by atoms with Gasteiger partial charge in [-0.15, -0.1) is 5.10 Å². The van der Waals surface area contributed by atoms with Crippen LogP contribution in [-0.2, 0) is 12.6 Å². The predicted octanol–water partition coefficient (Wildman–Crippen LogP) is 4.15. The first-order chi connectivity index (χ1) is 12.3. The number of methoxy groups -OCH3 is 1. The van der Waals surface area contributed by atoms with E-state index in [1.165, 1.54) is 13.2 Å². The molecular weight excluding hydrogens is 343 g/mol. The molecule has 1 aliphatic rings. The minimum atomic E-state index is -4.42. The number of hydrogen-bond donors (Lipinski definition) is 1. The second kappa shape index (κ2) is 7.23. The summed E-state index contributed by atoms with van der Waals surface area (Å²) in [6.07, 6.45) is -0.429. The first-order valence-electron chi connectivity index (χ1n) is 8.62. The van der Waals surface area contributed by atoms with Gasteiger partial charge in [-0.3, -0.25) is 0 Å². The lowest BCUT2D eigenvalue weighted by Gasteiger charge is -2.32. The average Bonchev–Trinajstić information content (AvgIpc) is 2.56. The Morgan fingerprint density at radius 2 is 1.92 bits per heavy atom. The zero-order valence-electron chi connectivity index (χ0n) is 14.8. The Labute approximate surface area is 150 Å². The smallest absolute Gasteiger partial charge is 0.416 e. The van der Waals surface area contributed by atoms with Crippen LogP contribution in [-0.4, -0.2) is 23.3 Å². The minimum Gasteiger partial charge on any atom is -0.496 e. The summed E-state index contributed by atoms with van der Waals surface area (Å²) in [5.41, 5.74) is 7.83. The lowest BCUT2D eigenvalue weighted by Crippen LogP contribution is -2.36. The summed E-state index contributed by atoms with van der Waals surface area (Å²) in [4.78, 5) is 0. The Balaban J connectivity index is 1.80. The van der Waals surface area contributed by atoms with Crippen molar-refractivity contribution in [1.29, 1.82) is 0 Å². The van der Waals surface area contributed by atoms with Crippen molar-refractivity contribution in [3.63, 3.8) is 0 Å². The van der Waals surface area contributed by atoms with Gasteiger partial charge >= 0.3 is 6.18 Å². The number of nitrogens with zero attached hydrogens (tertiary/aromatic N) is 2. The van der Waals surface area contributed by atoms with E-state index in [-0.39, 0.29) is 5.75 Å². The molecule has 0 bridgehead atoms. The second-order valence-corrected chi connectivity index (χ2v) is 6.92. The summed E-state index contributed by atoms with van der Waals surface area (Å²) in [7, 11) is 1.35. The van der Waals surface area contributed by atoms with Crippen LogP contribution in [0.2, 0.25) is 0 Å². The third kappa shape index (κ3) is 3.98. The van der Waals surface area contributed by atoms with Gasteiger partial charge in [0.05, 0.1) is 24.1 Å². The molecule has 1 aliphatic carbocycles. The molecule has 2 aromatic rings. The third-order valence-electron chi connectivity index (χ3n) is 4.90. The molecule has 1 fully saturated rings. The molecule has 2 N–H and O–H groups in total. The molecule has 7 heteroatoms. The molecule has 0 atom stereocenters. The predicted molar refractivity (Wildman–Crippen MR) is 92.8 cm³/mol. The van der Waals surface area contributed by atoms with Crippen molar-refractivity contribution >= 4 is 0 Å². The standard InChI is InChI=1S/C19H22F3N3O/c1-11-7-15(5-3-12-8-14(23)9-12)24-25-18(11)16-6-4-13(19(20,21)22)10-17(16)26-2/h4,6-7,10,12,14H,3,5,8-9,23H2,1-2H3. The van der Waals surface area contributed by atoms with E-state index in [1.807, 2.05) is 13.0 Å². The van der Waals surface area contributed by atoms with Gasteiger partial charge in [-0.05, 0) is 68.4 Å². The van der Waals surface area contributed by atoms with Gasteiger partial charge in [0.1, 0.15) is 5.75 Å². The molecule has 26 heavy (non-hydrogen) atoms. The highest BCUT2D eigenvalue weighted by Crippen LogP contribution is 2.37. The maximum Gasteiger partial charge on any atom is 0.416 e. The highest BCUT2D eigenvalue weighted by atomic mass is 19.4. The largest absolute Gasteiger partial charge is 0.496 e. The Kier molecular flexibility index (Phi) is 5.18. The number of halogens is 3. The summed E-state index contributed by atoms with van der Waals surface area (Å²) in [5, 5.41) is 8.50. The summed E-state index contributed by atoms with van der Waals surface area (Å²) in [6.45, 7) is 1.88. The van der Waals surface area contributed by atoms with Gasteiger partial charge in [-0.25, -0.2) is 0 Å². The van der Waals surface area contributed by atoms with E-state index >= 15 is 0 Å². The van der Waals surface area contributed by atoms with Crippen LogP contribution >= 0.6 is 0 Å². The zero-order valence-corrected chi connectivity index (χ0v) is 14.8. The molecule has 0 spiro atoms. The van der Waals surface area contributed by atoms with Crippen molar-refractivity contribution in [2.45, 2.75) is 44.8 Å². The van der Waals surface area contributed by atoms with E-state index in [0.717, 1.165) is 49.1 Å². The van der Waals surface area contributed by atoms with Crippen LogP contribution in [0.25, 0.3) is 11.3 Å². The Morgan fingerprint density at radius 3 is 2.50 bits per heavy atom. The molecule has 1 aromatic carbocycles. The average molecular weight is 365 g/mol. The maximum atomic E-state index is 12.9. The van der Waals surface area contributed by atoms with E-state index in [4.69, 9.17) is 10.5 Å². The van der Waals surface area contributed by atoms with Crippen LogP contribution in [0.1, 0.15) is 36.1 Å². The molecule has 4 nitrogen and oxygen atoms in total. The number of alkyl halides is 3. The third-order valence-corrected chi connectivity index (χ3v) is 4.90. The Hall–Kier alpha value is -2.15. The quantitative estimate of drug-likeness (QED) is 0.865. The van der Waals surface area contributed by atoms with Gasteiger partial charge < -0.3 is 10.5 Å². The van der Waals surface area contributed by atoms with Gasteiger partial charge in [0.2, 0.25) is 0 Å². The monoisotopic (exact) mass is 365 g/mol. The number of hydrogen-bond acceptors (Lipinski definition) is 4. The fourth-order valence-electron chi connectivity index (χ4n) is 3.37. The Bertz CT molecular complexity index is 786. The SMILES string of the molecule is COc1cc(C(F)(F)F)ccc1-c1nnc(CCC2CC(N)C2)cc1C. The van der Waals surface area contributed by atoms with E-state index in [0.29, 0.717) is 23.2 Å². The van der Waals surface area contributed by atoms with Gasteiger partial charge in [-0.2, -0.15) is 18.3 Å². The molecule has 3 rings (SSSR count). The molecular formula is C19H22F3N3O. The fraction of sp³-hybridized carbons (Fsp3) is 0.474. The number of rotatable bonds is 5. The Morgan fingerprint density at radius 1 is 1.19 bits per heavy atom. The topological polar surface area (TPSA) is 61.0 Å². The molecule has 0 amide bonds. The highest BCUT2D eigenvalue weighted by Gasteiger charge is 2.31. The number of ether oxygens (including phenoxy) is 1. The van der Waals surface area contributed by atoms with Gasteiger partial charge in [0, 0.05) is 11.6 Å². The van der Waals surface area contributed by atoms with Crippen molar-refractivity contribution in [2.75, 3.05) is 7.11 Å². The number of benzene rings is 1. The van der Waals surface area contributed by atoms with Crippen LogP contribution in [0, 0.1) is 12.8 Å². The van der Waals surface area contributed by atoms with Crippen LogP contribution in [0.15, 0.2) is 24.3 Å². The lowest BCUT2D eigenvalue weighted by molar-refractivity contribution is -0.137. The van der Waals surface area contributed by atoms with Gasteiger partial charge in [-0.1, -0.05) is 0 Å². The number of aromatic nitrogens is 2. The van der Waals surface area contributed by atoms with Gasteiger partial charge in [0.15, 0.2) is 0 Å². The van der Waals surface area contributed by atoms with Crippen LogP contribution in [0.5, 0.6) is 5.75 Å². The molecule has 0 saturated heterocycles. The summed E-state index contributed by atoms with van der Waals surface area (Å²) in [6, 6.07) is 5.69. The molecule has 1 heterocycles. The number of nitrogens with two attached hydrogens (primary N) is 1. The second-order valence-electron chi connectivity index (χ2n) is 6.92. The van der Waals surface area contributed by atoms with Crippen molar-refractivity contribution < 1.29 is 17.9 Å². The van der Waals surface area contributed by atoms with Crippen molar-refractivity contribution in [1.82, 2.24) is 10.2 Å². The summed E-state index contributed by atoms with van der Waals surface area (Å²) in [5.74, 6) is 0.787. The summed E-state index contributed by atoms with van der Waals surface area (Å²) < 4.78 is 43.8. The molecule has 0 unspecified atom stereocenters. The van der Waals surface area contributed by atoms with Crippen molar-refractivity contribution in [3.8, 4) is 17.0 Å². The minimum absolute atomic E-state index is 0.133. The first kappa shape index (κ1) is 18.6. The normalized spacial score (nSPS) is 19.9. The summed E-state index contributed by atoms with van der Waals surface area (Å²) >= 11 is 0. The van der Waals surface area contributed by atoms with Crippen molar-refractivity contribution in [2.24, 2.45) is 11.7 Å². The molecule has 1 saturated carbocycles. The first-order valence-corrected chi connectivity index (χ1v) is 8.62. The van der Waals surface area contributed by atoms with Crippen LogP contribution in [0.3, 0.4) is 0 Å². The maximum absolute atomic E-state index is 12.9. The molecule has 140 valence electrons. The van der Waals surface area contributed by atoms with E-state index in [1.54, 1.807) is 0 Å². The van der Waals surface area contributed by atoms with Crippen LogP contribution < -0.4 is 10.5 Å².